The molecule has 0 saturated carbocycles. The van der Waals surface area contributed by atoms with Crippen LogP contribution in [-0.4, -0.2) is 24.7 Å². The first kappa shape index (κ1) is 18.1. The number of aryl methyl sites for hydroxylation is 1. The van der Waals surface area contributed by atoms with Crippen molar-refractivity contribution < 1.29 is 23.0 Å². The van der Waals surface area contributed by atoms with Crippen LogP contribution >= 0.6 is 11.3 Å². The predicted molar refractivity (Wildman–Crippen MR) is 94.8 cm³/mol. The number of amides is 1. The molecule has 1 amide bonds. The van der Waals surface area contributed by atoms with E-state index in [1.165, 1.54) is 24.9 Å². The van der Waals surface area contributed by atoms with Crippen LogP contribution in [0.4, 0.5) is 8.78 Å². The molecule has 1 heterocycles. The summed E-state index contributed by atoms with van der Waals surface area (Å²) in [4.78, 5) is 17.2. The van der Waals surface area contributed by atoms with E-state index in [0.717, 1.165) is 17.4 Å². The summed E-state index contributed by atoms with van der Waals surface area (Å²) < 4.78 is 40.0. The number of thiazole rings is 1. The maximum Gasteiger partial charge on any atom is 0.287 e. The van der Waals surface area contributed by atoms with Crippen LogP contribution in [0.15, 0.2) is 35.3 Å². The van der Waals surface area contributed by atoms with E-state index >= 15 is 0 Å². The molecule has 5 nitrogen and oxygen atoms in total. The standard InChI is InChI=1S/C18H16F2N2O3S/c1-4-22-16-11(20)8-10(19)9-14(16)26-18(22)21-17(23)15-12(24-2)6-5-7-13(15)25-3/h5-9H,4H2,1-3H3. The number of fused-ring (bicyclic) bond motifs is 1. The van der Waals surface area contributed by atoms with Crippen molar-refractivity contribution in [1.82, 2.24) is 4.57 Å². The lowest BCUT2D eigenvalue weighted by Gasteiger charge is -2.09. The Morgan fingerprint density at radius 3 is 2.42 bits per heavy atom. The molecule has 0 N–H and O–H groups in total. The lowest BCUT2D eigenvalue weighted by atomic mass is 10.1. The highest BCUT2D eigenvalue weighted by Crippen LogP contribution is 2.29. The summed E-state index contributed by atoms with van der Waals surface area (Å²) in [6.45, 7) is 2.17. The van der Waals surface area contributed by atoms with Crippen molar-refractivity contribution in [2.24, 2.45) is 4.99 Å². The Labute approximate surface area is 152 Å². The molecule has 0 bridgehead atoms. The Hall–Kier alpha value is -2.74. The lowest BCUT2D eigenvalue weighted by molar-refractivity contribution is 0.0992. The van der Waals surface area contributed by atoms with Crippen molar-refractivity contribution in [3.63, 3.8) is 0 Å². The first-order valence-corrected chi connectivity index (χ1v) is 8.60. The van der Waals surface area contributed by atoms with E-state index < -0.39 is 17.5 Å². The fourth-order valence-corrected chi connectivity index (χ4v) is 3.84. The second-order valence-corrected chi connectivity index (χ2v) is 6.33. The zero-order valence-electron chi connectivity index (χ0n) is 14.4. The first-order chi connectivity index (χ1) is 12.5. The van der Waals surface area contributed by atoms with Gasteiger partial charge in [-0.2, -0.15) is 4.99 Å². The largest absolute Gasteiger partial charge is 0.496 e. The molecule has 0 radical (unpaired) electrons. The molecule has 0 aliphatic heterocycles. The summed E-state index contributed by atoms with van der Waals surface area (Å²) >= 11 is 1.04. The number of aromatic nitrogens is 1. The second-order valence-electron chi connectivity index (χ2n) is 5.32. The van der Waals surface area contributed by atoms with Gasteiger partial charge in [-0.25, -0.2) is 8.78 Å². The Morgan fingerprint density at radius 1 is 1.19 bits per heavy atom. The number of nitrogens with zero attached hydrogens (tertiary/aromatic N) is 2. The highest BCUT2D eigenvalue weighted by atomic mass is 32.1. The third kappa shape index (κ3) is 3.08. The van der Waals surface area contributed by atoms with E-state index in [-0.39, 0.29) is 15.9 Å². The van der Waals surface area contributed by atoms with Crippen LogP contribution in [0.25, 0.3) is 10.2 Å². The first-order valence-electron chi connectivity index (χ1n) is 7.78. The van der Waals surface area contributed by atoms with E-state index in [0.29, 0.717) is 22.7 Å². The molecule has 0 aliphatic rings. The average molecular weight is 378 g/mol. The average Bonchev–Trinajstić information content (AvgIpc) is 2.97. The molecule has 0 saturated heterocycles. The number of carbonyl (C=O) groups excluding carboxylic acids is 1. The minimum atomic E-state index is -0.693. The van der Waals surface area contributed by atoms with E-state index in [4.69, 9.17) is 9.47 Å². The molecule has 1 aromatic heterocycles. The van der Waals surface area contributed by atoms with Gasteiger partial charge in [0.1, 0.15) is 22.9 Å². The van der Waals surface area contributed by atoms with Gasteiger partial charge in [-0.1, -0.05) is 17.4 Å². The van der Waals surface area contributed by atoms with Crippen molar-refractivity contribution in [3.8, 4) is 11.5 Å². The van der Waals surface area contributed by atoms with E-state index in [1.54, 1.807) is 25.1 Å². The molecule has 136 valence electrons. The minimum Gasteiger partial charge on any atom is -0.496 e. The molecule has 0 unspecified atom stereocenters. The third-order valence-electron chi connectivity index (χ3n) is 3.85. The molecule has 26 heavy (non-hydrogen) atoms. The number of rotatable bonds is 4. The third-order valence-corrected chi connectivity index (χ3v) is 4.88. The van der Waals surface area contributed by atoms with Crippen LogP contribution < -0.4 is 14.3 Å². The molecule has 3 aromatic rings. The predicted octanol–water partition coefficient (Wildman–Crippen LogP) is 3.76. The van der Waals surface area contributed by atoms with Gasteiger partial charge in [-0.15, -0.1) is 0 Å². The van der Waals surface area contributed by atoms with Crippen LogP contribution in [0.2, 0.25) is 0 Å². The van der Waals surface area contributed by atoms with Gasteiger partial charge in [0.05, 0.1) is 24.4 Å². The van der Waals surface area contributed by atoms with Crippen molar-refractivity contribution in [3.05, 3.63) is 52.3 Å². The maximum absolute atomic E-state index is 14.2. The van der Waals surface area contributed by atoms with Crippen LogP contribution in [0.1, 0.15) is 17.3 Å². The zero-order chi connectivity index (χ0) is 18.8. The van der Waals surface area contributed by atoms with Gasteiger partial charge >= 0.3 is 0 Å². The highest BCUT2D eigenvalue weighted by molar-refractivity contribution is 7.16. The van der Waals surface area contributed by atoms with Crippen molar-refractivity contribution in [2.75, 3.05) is 14.2 Å². The topological polar surface area (TPSA) is 52.8 Å². The Morgan fingerprint density at radius 2 is 1.85 bits per heavy atom. The van der Waals surface area contributed by atoms with Gasteiger partial charge < -0.3 is 14.0 Å². The van der Waals surface area contributed by atoms with Crippen LogP contribution in [0.3, 0.4) is 0 Å². The van der Waals surface area contributed by atoms with Crippen LogP contribution in [-0.2, 0) is 6.54 Å². The smallest absolute Gasteiger partial charge is 0.287 e. The number of hydrogen-bond donors (Lipinski definition) is 0. The van der Waals surface area contributed by atoms with Gasteiger partial charge in [0.2, 0.25) is 0 Å². The molecule has 0 aliphatic carbocycles. The minimum absolute atomic E-state index is 0.171. The fraction of sp³-hybridized carbons (Fsp3) is 0.222. The molecule has 0 spiro atoms. The molecule has 0 fully saturated rings. The number of ether oxygens (including phenoxy) is 2. The lowest BCUT2D eigenvalue weighted by Crippen LogP contribution is -2.17. The van der Waals surface area contributed by atoms with Crippen LogP contribution in [0, 0.1) is 11.6 Å². The van der Waals surface area contributed by atoms with Crippen molar-refractivity contribution in [1.29, 1.82) is 0 Å². The number of benzene rings is 2. The quantitative estimate of drug-likeness (QED) is 0.695. The Balaban J connectivity index is 2.23. The summed E-state index contributed by atoms with van der Waals surface area (Å²) in [6, 6.07) is 6.98. The highest BCUT2D eigenvalue weighted by Gasteiger charge is 2.19. The van der Waals surface area contributed by atoms with E-state index in [9.17, 15) is 13.6 Å². The van der Waals surface area contributed by atoms with Gasteiger partial charge in [-0.05, 0) is 25.1 Å². The molecule has 8 heteroatoms. The molecular weight excluding hydrogens is 362 g/mol. The fourth-order valence-electron chi connectivity index (χ4n) is 2.71. The van der Waals surface area contributed by atoms with Crippen LogP contribution in [0.5, 0.6) is 11.5 Å². The van der Waals surface area contributed by atoms with Gasteiger partial charge in [-0.3, -0.25) is 4.79 Å². The van der Waals surface area contributed by atoms with Crippen molar-refractivity contribution >= 4 is 27.5 Å². The SMILES string of the molecule is CCn1c(=NC(=O)c2c(OC)cccc2OC)sc2cc(F)cc(F)c21. The van der Waals surface area contributed by atoms with E-state index in [1.807, 2.05) is 0 Å². The second kappa shape index (κ2) is 7.25. The molecule has 3 rings (SSSR count). The summed E-state index contributed by atoms with van der Waals surface area (Å²) in [5.41, 5.74) is 0.390. The molecule has 0 atom stereocenters. The number of hydrogen-bond acceptors (Lipinski definition) is 4. The monoisotopic (exact) mass is 378 g/mol. The van der Waals surface area contributed by atoms with E-state index in [2.05, 4.69) is 4.99 Å². The van der Waals surface area contributed by atoms with Gasteiger partial charge in [0.25, 0.3) is 5.91 Å². The molecular formula is C18H16F2N2O3S. The van der Waals surface area contributed by atoms with Gasteiger partial charge in [0.15, 0.2) is 10.6 Å². The number of carbonyl (C=O) groups is 1. The number of halogens is 2. The maximum atomic E-state index is 14.2. The Bertz CT molecular complexity index is 1030. The van der Waals surface area contributed by atoms with Crippen molar-refractivity contribution in [2.45, 2.75) is 13.5 Å². The normalized spacial score (nSPS) is 11.8. The summed E-state index contributed by atoms with van der Waals surface area (Å²) in [5.74, 6) is -1.32. The summed E-state index contributed by atoms with van der Waals surface area (Å²) in [7, 11) is 2.88. The zero-order valence-corrected chi connectivity index (χ0v) is 15.2. The number of methoxy groups -OCH3 is 2. The Kier molecular flexibility index (Phi) is 5.03. The summed E-state index contributed by atoms with van der Waals surface area (Å²) in [5, 5.41) is 0. The summed E-state index contributed by atoms with van der Waals surface area (Å²) in [6.07, 6.45) is 0. The molecule has 2 aromatic carbocycles. The van der Waals surface area contributed by atoms with Gasteiger partial charge in [0, 0.05) is 12.6 Å².